The van der Waals surface area contributed by atoms with Crippen molar-refractivity contribution >= 4 is 28.9 Å². The number of benzene rings is 1. The van der Waals surface area contributed by atoms with Gasteiger partial charge in [0.25, 0.3) is 5.69 Å². The van der Waals surface area contributed by atoms with E-state index in [1.807, 2.05) is 0 Å². The fourth-order valence-electron chi connectivity index (χ4n) is 1.04. The third kappa shape index (κ3) is 2.83. The maximum absolute atomic E-state index is 10.8. The van der Waals surface area contributed by atoms with E-state index in [1.165, 1.54) is 18.2 Å². The minimum atomic E-state index is -0.598. The highest BCUT2D eigenvalue weighted by molar-refractivity contribution is 6.33. The molecule has 7 heteroatoms. The monoisotopic (exact) mass is 243 g/mol. The summed E-state index contributed by atoms with van der Waals surface area (Å²) in [6.45, 7) is 1.57. The van der Waals surface area contributed by atoms with E-state index in [0.29, 0.717) is 5.69 Å². The van der Waals surface area contributed by atoms with Crippen LogP contribution >= 0.6 is 11.6 Å². The van der Waals surface area contributed by atoms with Gasteiger partial charge in [0.2, 0.25) is 5.91 Å². The van der Waals surface area contributed by atoms with E-state index in [1.54, 1.807) is 6.92 Å². The summed E-state index contributed by atoms with van der Waals surface area (Å²) in [5.74, 6) is -0.533. The van der Waals surface area contributed by atoms with Crippen LogP contribution in [0.5, 0.6) is 0 Å². The summed E-state index contributed by atoms with van der Waals surface area (Å²) >= 11 is 5.80. The highest BCUT2D eigenvalue weighted by atomic mass is 35.5. The van der Waals surface area contributed by atoms with Crippen LogP contribution in [0.3, 0.4) is 0 Å². The number of nitrogens with zero attached hydrogens (tertiary/aromatic N) is 1. The van der Waals surface area contributed by atoms with Crippen LogP contribution in [0.4, 0.5) is 11.4 Å². The van der Waals surface area contributed by atoms with E-state index >= 15 is 0 Å². The van der Waals surface area contributed by atoms with Gasteiger partial charge in [-0.2, -0.15) is 0 Å². The topological polar surface area (TPSA) is 98.3 Å². The van der Waals surface area contributed by atoms with Crippen molar-refractivity contribution in [1.82, 2.24) is 0 Å². The number of amides is 1. The molecule has 0 bridgehead atoms. The van der Waals surface area contributed by atoms with E-state index in [9.17, 15) is 14.9 Å². The zero-order valence-corrected chi connectivity index (χ0v) is 9.19. The standard InChI is InChI=1S/C9H10ClN3O3/c1-5(9(11)14)12-8-3-2-6(13(15)16)4-7(8)10/h2-5,12H,1H3,(H2,11,14). The predicted molar refractivity (Wildman–Crippen MR) is 60.4 cm³/mol. The molecule has 0 radical (unpaired) electrons. The van der Waals surface area contributed by atoms with Gasteiger partial charge in [0.05, 0.1) is 15.6 Å². The Morgan fingerprint density at radius 3 is 2.69 bits per heavy atom. The van der Waals surface area contributed by atoms with Gasteiger partial charge < -0.3 is 11.1 Å². The SMILES string of the molecule is CC(Nc1ccc([N+](=O)[O-])cc1Cl)C(N)=O. The van der Waals surface area contributed by atoms with Crippen molar-refractivity contribution in [2.45, 2.75) is 13.0 Å². The third-order valence-corrected chi connectivity index (χ3v) is 2.27. The highest BCUT2D eigenvalue weighted by Gasteiger charge is 2.13. The summed E-state index contributed by atoms with van der Waals surface area (Å²) < 4.78 is 0. The number of hydrogen-bond donors (Lipinski definition) is 2. The van der Waals surface area contributed by atoms with Gasteiger partial charge in [-0.05, 0) is 13.0 Å². The Labute approximate surface area is 96.5 Å². The quantitative estimate of drug-likeness (QED) is 0.619. The summed E-state index contributed by atoms with van der Waals surface area (Å²) in [4.78, 5) is 20.7. The van der Waals surface area contributed by atoms with Crippen LogP contribution in [0.25, 0.3) is 0 Å². The van der Waals surface area contributed by atoms with Gasteiger partial charge in [0, 0.05) is 12.1 Å². The zero-order chi connectivity index (χ0) is 12.3. The largest absolute Gasteiger partial charge is 0.373 e. The smallest absolute Gasteiger partial charge is 0.271 e. The van der Waals surface area contributed by atoms with Gasteiger partial charge in [-0.25, -0.2) is 0 Å². The molecule has 16 heavy (non-hydrogen) atoms. The van der Waals surface area contributed by atoms with Crippen LogP contribution in [0, 0.1) is 10.1 Å². The first-order valence-corrected chi connectivity index (χ1v) is 4.79. The molecule has 86 valence electrons. The molecule has 0 fully saturated rings. The Bertz CT molecular complexity index is 436. The first-order valence-electron chi connectivity index (χ1n) is 4.41. The van der Waals surface area contributed by atoms with Crippen molar-refractivity contribution in [3.63, 3.8) is 0 Å². The number of carbonyl (C=O) groups is 1. The average molecular weight is 244 g/mol. The lowest BCUT2D eigenvalue weighted by molar-refractivity contribution is -0.384. The van der Waals surface area contributed by atoms with Gasteiger partial charge in [-0.15, -0.1) is 0 Å². The molecular weight excluding hydrogens is 234 g/mol. The second-order valence-corrected chi connectivity index (χ2v) is 3.60. The fourth-order valence-corrected chi connectivity index (χ4v) is 1.27. The Hall–Kier alpha value is -1.82. The van der Waals surface area contributed by atoms with Crippen LogP contribution in [0.1, 0.15) is 6.92 Å². The van der Waals surface area contributed by atoms with E-state index in [-0.39, 0.29) is 10.7 Å². The van der Waals surface area contributed by atoms with Gasteiger partial charge in [-0.3, -0.25) is 14.9 Å². The molecule has 0 aromatic heterocycles. The van der Waals surface area contributed by atoms with Crippen LogP contribution in [-0.4, -0.2) is 16.9 Å². The van der Waals surface area contributed by atoms with Crippen molar-refractivity contribution in [2.75, 3.05) is 5.32 Å². The van der Waals surface area contributed by atoms with Crippen LogP contribution in [0.2, 0.25) is 5.02 Å². The number of anilines is 1. The molecule has 1 unspecified atom stereocenters. The maximum atomic E-state index is 10.8. The predicted octanol–water partition coefficient (Wildman–Crippen LogP) is 1.53. The lowest BCUT2D eigenvalue weighted by Crippen LogP contribution is -2.32. The van der Waals surface area contributed by atoms with Crippen molar-refractivity contribution in [3.8, 4) is 0 Å². The number of nitro benzene ring substituents is 1. The molecule has 1 aromatic rings. The summed E-state index contributed by atoms with van der Waals surface area (Å²) in [7, 11) is 0. The molecule has 6 nitrogen and oxygen atoms in total. The fraction of sp³-hybridized carbons (Fsp3) is 0.222. The molecule has 1 amide bonds. The summed E-state index contributed by atoms with van der Waals surface area (Å²) in [6.07, 6.45) is 0. The molecule has 3 N–H and O–H groups in total. The number of primary amides is 1. The summed E-state index contributed by atoms with van der Waals surface area (Å²) in [5.41, 5.74) is 5.38. The minimum Gasteiger partial charge on any atom is -0.373 e. The molecule has 0 aliphatic rings. The number of halogens is 1. The molecule has 1 aromatic carbocycles. The van der Waals surface area contributed by atoms with Gasteiger partial charge in [0.15, 0.2) is 0 Å². The molecule has 0 aliphatic heterocycles. The van der Waals surface area contributed by atoms with Gasteiger partial charge in [-0.1, -0.05) is 11.6 Å². The van der Waals surface area contributed by atoms with Crippen molar-refractivity contribution in [1.29, 1.82) is 0 Å². The second kappa shape index (κ2) is 4.80. The summed E-state index contributed by atoms with van der Waals surface area (Å²) in [5, 5.41) is 13.4. The maximum Gasteiger partial charge on any atom is 0.271 e. The Balaban J connectivity index is 2.91. The van der Waals surface area contributed by atoms with E-state index in [2.05, 4.69) is 5.32 Å². The normalized spacial score (nSPS) is 11.9. The number of nitrogens with one attached hydrogen (secondary N) is 1. The number of nitro groups is 1. The van der Waals surface area contributed by atoms with E-state index < -0.39 is 16.9 Å². The Morgan fingerprint density at radius 1 is 1.62 bits per heavy atom. The van der Waals surface area contributed by atoms with Crippen LogP contribution in [-0.2, 0) is 4.79 Å². The minimum absolute atomic E-state index is 0.109. The lowest BCUT2D eigenvalue weighted by Gasteiger charge is -2.12. The molecule has 0 heterocycles. The van der Waals surface area contributed by atoms with Gasteiger partial charge >= 0.3 is 0 Å². The van der Waals surface area contributed by atoms with E-state index in [0.717, 1.165) is 0 Å². The zero-order valence-electron chi connectivity index (χ0n) is 8.44. The number of nitrogens with two attached hydrogens (primary N) is 1. The van der Waals surface area contributed by atoms with Gasteiger partial charge in [0.1, 0.15) is 6.04 Å². The van der Waals surface area contributed by atoms with Crippen molar-refractivity contribution < 1.29 is 9.72 Å². The average Bonchev–Trinajstić information content (AvgIpc) is 2.20. The number of carbonyl (C=O) groups excluding carboxylic acids is 1. The van der Waals surface area contributed by atoms with Crippen LogP contribution in [0.15, 0.2) is 18.2 Å². The number of rotatable bonds is 4. The second-order valence-electron chi connectivity index (χ2n) is 3.19. The molecule has 0 saturated heterocycles. The lowest BCUT2D eigenvalue weighted by atomic mass is 10.2. The molecule has 0 spiro atoms. The molecule has 0 saturated carbocycles. The van der Waals surface area contributed by atoms with Crippen molar-refractivity contribution in [3.05, 3.63) is 33.3 Å². The van der Waals surface area contributed by atoms with Crippen molar-refractivity contribution in [2.24, 2.45) is 5.73 Å². The molecule has 0 aliphatic carbocycles. The summed E-state index contributed by atoms with van der Waals surface area (Å²) in [6, 6.07) is 3.33. The first kappa shape index (κ1) is 12.3. The third-order valence-electron chi connectivity index (χ3n) is 1.96. The Morgan fingerprint density at radius 2 is 2.25 bits per heavy atom. The Kier molecular flexibility index (Phi) is 3.68. The molecular formula is C9H10ClN3O3. The number of hydrogen-bond acceptors (Lipinski definition) is 4. The molecule has 1 rings (SSSR count). The van der Waals surface area contributed by atoms with Crippen LogP contribution < -0.4 is 11.1 Å². The number of non-ortho nitro benzene ring substituents is 1. The molecule has 1 atom stereocenters. The van der Waals surface area contributed by atoms with E-state index in [4.69, 9.17) is 17.3 Å². The highest BCUT2D eigenvalue weighted by Crippen LogP contribution is 2.26. The first-order chi connectivity index (χ1) is 7.41.